The number of hydrogen-bond donors (Lipinski definition) is 2. The second-order valence-electron chi connectivity index (χ2n) is 12.1. The highest BCUT2D eigenvalue weighted by molar-refractivity contribution is 7.89. The average Bonchev–Trinajstić information content (AvgIpc) is 3.31. The highest BCUT2D eigenvalue weighted by Gasteiger charge is 2.53. The molecule has 12 heteroatoms. The number of rotatable bonds is 7. The fourth-order valence-electron chi connectivity index (χ4n) is 6.72. The van der Waals surface area contributed by atoms with Crippen LogP contribution in [0.4, 0.5) is 4.39 Å². The number of likely N-dealkylation sites (tertiary alicyclic amines) is 1. The van der Waals surface area contributed by atoms with Gasteiger partial charge in [-0.3, -0.25) is 5.10 Å². The standard InChI is InChI=1S/C28H36ClFN6O3S/c1-17(2)36-14-6-20(7-15-36)39-25-23-18(3)33-34-24(23)31-26(32-25)27-8-11-28(12-9-27,13-10-27)35-40(37,38)22-16-19(29)4-5-21(22)30/h4-5,16-17,20,35H,6-15H2,1-3H3,(H,31,32,33,34). The number of benzene rings is 1. The molecule has 0 amide bonds. The second-order valence-corrected chi connectivity index (χ2v) is 14.2. The number of nitrogens with zero attached hydrogens (tertiary/aromatic N) is 4. The Morgan fingerprint density at radius 1 is 1.12 bits per heavy atom. The van der Waals surface area contributed by atoms with E-state index >= 15 is 0 Å². The maximum Gasteiger partial charge on any atom is 0.244 e. The smallest absolute Gasteiger partial charge is 0.244 e. The Hall–Kier alpha value is -2.34. The number of sulfonamides is 1. The molecule has 4 fully saturated rings. The van der Waals surface area contributed by atoms with Gasteiger partial charge in [-0.2, -0.15) is 10.1 Å². The molecule has 3 aliphatic carbocycles. The van der Waals surface area contributed by atoms with Gasteiger partial charge in [0.25, 0.3) is 0 Å². The molecule has 216 valence electrons. The maximum atomic E-state index is 14.4. The van der Waals surface area contributed by atoms with E-state index in [9.17, 15) is 12.8 Å². The van der Waals surface area contributed by atoms with Crippen molar-refractivity contribution in [2.24, 2.45) is 0 Å². The molecule has 2 bridgehead atoms. The van der Waals surface area contributed by atoms with E-state index in [1.807, 2.05) is 6.92 Å². The van der Waals surface area contributed by atoms with Crippen molar-refractivity contribution in [2.45, 2.75) is 100 Å². The molecule has 0 radical (unpaired) electrons. The highest BCUT2D eigenvalue weighted by atomic mass is 35.5. The maximum absolute atomic E-state index is 14.4. The van der Waals surface area contributed by atoms with Crippen LogP contribution in [0.2, 0.25) is 5.02 Å². The molecule has 40 heavy (non-hydrogen) atoms. The van der Waals surface area contributed by atoms with Gasteiger partial charge >= 0.3 is 0 Å². The Morgan fingerprint density at radius 3 is 2.45 bits per heavy atom. The number of aromatic amines is 1. The Balaban J connectivity index is 1.23. The zero-order valence-electron chi connectivity index (χ0n) is 23.1. The van der Waals surface area contributed by atoms with Gasteiger partial charge in [-0.1, -0.05) is 11.6 Å². The van der Waals surface area contributed by atoms with Crippen molar-refractivity contribution < 1.29 is 17.5 Å². The van der Waals surface area contributed by atoms with Crippen LogP contribution in [-0.4, -0.2) is 64.3 Å². The first kappa shape index (κ1) is 27.8. The third kappa shape index (κ3) is 4.99. The second kappa shape index (κ2) is 10.2. The van der Waals surface area contributed by atoms with Crippen LogP contribution in [0.1, 0.15) is 76.7 Å². The first-order valence-electron chi connectivity index (χ1n) is 14.1. The van der Waals surface area contributed by atoms with E-state index in [0.29, 0.717) is 56.1 Å². The van der Waals surface area contributed by atoms with Crippen molar-refractivity contribution in [1.29, 1.82) is 0 Å². The van der Waals surface area contributed by atoms with Gasteiger partial charge in [-0.25, -0.2) is 22.5 Å². The van der Waals surface area contributed by atoms with Crippen LogP contribution in [-0.2, 0) is 15.4 Å². The molecule has 3 heterocycles. The fraction of sp³-hybridized carbons (Fsp3) is 0.607. The van der Waals surface area contributed by atoms with Crippen molar-refractivity contribution in [3.8, 4) is 5.88 Å². The van der Waals surface area contributed by atoms with E-state index in [0.717, 1.165) is 55.0 Å². The Kier molecular flexibility index (Phi) is 7.08. The Bertz CT molecular complexity index is 1510. The fourth-order valence-corrected chi connectivity index (χ4v) is 8.55. The van der Waals surface area contributed by atoms with Crippen LogP contribution in [0.25, 0.3) is 11.0 Å². The Labute approximate surface area is 239 Å². The number of nitrogens with one attached hydrogen (secondary N) is 2. The van der Waals surface area contributed by atoms with Crippen LogP contribution in [0.15, 0.2) is 23.1 Å². The zero-order valence-corrected chi connectivity index (χ0v) is 24.7. The molecule has 1 aromatic carbocycles. The third-order valence-electron chi connectivity index (χ3n) is 9.30. The Morgan fingerprint density at radius 2 is 1.80 bits per heavy atom. The molecule has 2 aromatic heterocycles. The number of aryl methyl sites for hydroxylation is 1. The zero-order chi connectivity index (χ0) is 28.3. The van der Waals surface area contributed by atoms with Gasteiger partial charge in [0, 0.05) is 40.8 Å². The molecule has 3 aromatic rings. The molecular weight excluding hydrogens is 555 g/mol. The summed E-state index contributed by atoms with van der Waals surface area (Å²) in [4.78, 5) is 12.0. The van der Waals surface area contributed by atoms with Gasteiger partial charge in [0.15, 0.2) is 5.65 Å². The monoisotopic (exact) mass is 590 g/mol. The lowest BCUT2D eigenvalue weighted by Crippen LogP contribution is -2.58. The van der Waals surface area contributed by atoms with Crippen LogP contribution >= 0.6 is 11.6 Å². The molecule has 0 spiro atoms. The topological polar surface area (TPSA) is 113 Å². The number of hydrogen-bond acceptors (Lipinski definition) is 7. The van der Waals surface area contributed by atoms with E-state index in [1.54, 1.807) is 0 Å². The third-order valence-corrected chi connectivity index (χ3v) is 11.1. The average molecular weight is 591 g/mol. The molecular formula is C28H36ClFN6O3S. The summed E-state index contributed by atoms with van der Waals surface area (Å²) >= 11 is 5.97. The number of piperidine rings is 1. The quantitative estimate of drug-likeness (QED) is 0.397. The van der Waals surface area contributed by atoms with Crippen LogP contribution in [0.5, 0.6) is 5.88 Å². The van der Waals surface area contributed by atoms with Crippen molar-refractivity contribution in [1.82, 2.24) is 29.8 Å². The summed E-state index contributed by atoms with van der Waals surface area (Å²) in [6.45, 7) is 8.39. The minimum Gasteiger partial charge on any atom is -0.474 e. The van der Waals surface area contributed by atoms with Crippen molar-refractivity contribution >= 4 is 32.7 Å². The first-order valence-corrected chi connectivity index (χ1v) is 16.0. The molecule has 2 N–H and O–H groups in total. The lowest BCUT2D eigenvalue weighted by Gasteiger charge is -2.52. The molecule has 1 saturated heterocycles. The minimum atomic E-state index is -4.08. The van der Waals surface area contributed by atoms with Gasteiger partial charge in [0.1, 0.15) is 28.0 Å². The number of fused-ring (bicyclic) bond motifs is 4. The summed E-state index contributed by atoms with van der Waals surface area (Å²) in [5, 5.41) is 8.49. The van der Waals surface area contributed by atoms with Crippen LogP contribution in [0.3, 0.4) is 0 Å². The normalized spacial score (nSPS) is 26.1. The number of H-pyrrole nitrogens is 1. The molecule has 9 nitrogen and oxygen atoms in total. The minimum absolute atomic E-state index is 0.0828. The lowest BCUT2D eigenvalue weighted by molar-refractivity contribution is 0.0772. The molecule has 0 unspecified atom stereocenters. The molecule has 0 atom stereocenters. The van der Waals surface area contributed by atoms with E-state index in [-0.39, 0.29) is 16.5 Å². The van der Waals surface area contributed by atoms with Crippen molar-refractivity contribution in [3.63, 3.8) is 0 Å². The molecule has 3 saturated carbocycles. The van der Waals surface area contributed by atoms with Gasteiger partial charge in [0.05, 0.1) is 0 Å². The predicted molar refractivity (Wildman–Crippen MR) is 151 cm³/mol. The summed E-state index contributed by atoms with van der Waals surface area (Å²) in [5.74, 6) is 0.494. The van der Waals surface area contributed by atoms with Crippen LogP contribution in [0, 0.1) is 12.7 Å². The summed E-state index contributed by atoms with van der Waals surface area (Å²) in [6, 6.07) is 4.11. The van der Waals surface area contributed by atoms with Gasteiger partial charge in [-0.05, 0) is 90.3 Å². The van der Waals surface area contributed by atoms with Gasteiger partial charge < -0.3 is 9.64 Å². The molecule has 1 aliphatic heterocycles. The van der Waals surface area contributed by atoms with Gasteiger partial charge in [0.2, 0.25) is 15.9 Å². The van der Waals surface area contributed by atoms with E-state index < -0.39 is 26.3 Å². The summed E-state index contributed by atoms with van der Waals surface area (Å²) in [6.07, 6.45) is 5.95. The number of halogens is 2. The highest BCUT2D eigenvalue weighted by Crippen LogP contribution is 2.53. The summed E-state index contributed by atoms with van der Waals surface area (Å²) < 4.78 is 50.2. The summed E-state index contributed by atoms with van der Waals surface area (Å²) in [5.41, 5.74) is 0.564. The van der Waals surface area contributed by atoms with E-state index in [4.69, 9.17) is 26.3 Å². The molecule has 4 aliphatic rings. The SMILES string of the molecule is Cc1[nH]nc2nc(C34CCC(NS(=O)(=O)c5cc(Cl)ccc5F)(CC3)CC4)nc(OC3CCN(C(C)C)CC3)c12. The number of aromatic nitrogens is 4. The lowest BCUT2D eigenvalue weighted by atomic mass is 9.57. The van der Waals surface area contributed by atoms with Gasteiger partial charge in [-0.15, -0.1) is 0 Å². The largest absolute Gasteiger partial charge is 0.474 e. The number of ether oxygens (including phenoxy) is 1. The predicted octanol–water partition coefficient (Wildman–Crippen LogP) is 5.03. The first-order chi connectivity index (χ1) is 19.0. The van der Waals surface area contributed by atoms with E-state index in [2.05, 4.69) is 33.7 Å². The molecule has 7 rings (SSSR count). The summed E-state index contributed by atoms with van der Waals surface area (Å²) in [7, 11) is -4.08. The van der Waals surface area contributed by atoms with Crippen molar-refractivity contribution in [2.75, 3.05) is 13.1 Å². The van der Waals surface area contributed by atoms with Crippen molar-refractivity contribution in [3.05, 3.63) is 40.6 Å². The van der Waals surface area contributed by atoms with Crippen LogP contribution < -0.4 is 9.46 Å². The van der Waals surface area contributed by atoms with E-state index in [1.165, 1.54) is 6.07 Å².